The molecule has 0 aromatic heterocycles. The van der Waals surface area contributed by atoms with Gasteiger partial charge in [-0.25, -0.2) is 0 Å². The molecule has 3 rings (SSSR count). The van der Waals surface area contributed by atoms with E-state index in [1.807, 2.05) is 49.4 Å². The van der Waals surface area contributed by atoms with Crippen LogP contribution in [0.2, 0.25) is 0 Å². The van der Waals surface area contributed by atoms with Crippen LogP contribution in [0, 0.1) is 11.3 Å². The average Bonchev–Trinajstić information content (AvgIpc) is 2.73. The largest absolute Gasteiger partial charge is 0.481 e. The first-order valence-electron chi connectivity index (χ1n) is 11.0. The molecule has 0 bridgehead atoms. The van der Waals surface area contributed by atoms with Crippen LogP contribution in [0.25, 0.3) is 11.1 Å². The molecule has 0 aliphatic heterocycles. The first-order valence-corrected chi connectivity index (χ1v) is 11.0. The second-order valence-electron chi connectivity index (χ2n) is 9.33. The quantitative estimate of drug-likeness (QED) is 0.631. The zero-order valence-electron chi connectivity index (χ0n) is 18.3. The van der Waals surface area contributed by atoms with Crippen LogP contribution in [0.4, 0.5) is 0 Å². The van der Waals surface area contributed by atoms with Crippen LogP contribution in [-0.4, -0.2) is 18.1 Å². The summed E-state index contributed by atoms with van der Waals surface area (Å²) < 4.78 is 6.02. The van der Waals surface area contributed by atoms with Crippen LogP contribution in [0.5, 0.6) is 5.75 Å². The van der Waals surface area contributed by atoms with Gasteiger partial charge in [0.1, 0.15) is 5.75 Å². The lowest BCUT2D eigenvalue weighted by molar-refractivity contribution is -0.129. The van der Waals surface area contributed by atoms with Gasteiger partial charge in [-0.1, -0.05) is 70.2 Å². The van der Waals surface area contributed by atoms with Crippen LogP contribution in [0.15, 0.2) is 54.6 Å². The molecule has 3 heteroatoms. The maximum Gasteiger partial charge on any atom is 0.261 e. The molecule has 1 unspecified atom stereocenters. The van der Waals surface area contributed by atoms with Gasteiger partial charge in [-0.15, -0.1) is 0 Å². The molecule has 0 saturated heterocycles. The Kier molecular flexibility index (Phi) is 7.00. The minimum absolute atomic E-state index is 0.0128. The Hall–Kier alpha value is -2.29. The molecule has 1 aliphatic carbocycles. The van der Waals surface area contributed by atoms with Gasteiger partial charge < -0.3 is 10.1 Å². The van der Waals surface area contributed by atoms with Crippen molar-refractivity contribution in [2.75, 3.05) is 0 Å². The van der Waals surface area contributed by atoms with Crippen LogP contribution < -0.4 is 10.1 Å². The highest BCUT2D eigenvalue weighted by atomic mass is 16.5. The summed E-state index contributed by atoms with van der Waals surface area (Å²) in [6.45, 7) is 8.96. The highest BCUT2D eigenvalue weighted by Gasteiger charge is 2.31. The third kappa shape index (κ3) is 5.85. The summed E-state index contributed by atoms with van der Waals surface area (Å²) >= 11 is 0. The van der Waals surface area contributed by atoms with Crippen LogP contribution >= 0.6 is 0 Å². The summed E-state index contributed by atoms with van der Waals surface area (Å²) in [4.78, 5) is 12.8. The van der Waals surface area contributed by atoms with E-state index in [0.717, 1.165) is 30.1 Å². The molecule has 0 heterocycles. The van der Waals surface area contributed by atoms with E-state index < -0.39 is 6.10 Å². The number of carbonyl (C=O) groups is 1. The Bertz CT molecular complexity index is 769. The van der Waals surface area contributed by atoms with Gasteiger partial charge in [0.15, 0.2) is 6.10 Å². The minimum atomic E-state index is -0.446. The molecule has 2 aromatic carbocycles. The lowest BCUT2D eigenvalue weighted by Crippen LogP contribution is -2.45. The van der Waals surface area contributed by atoms with Gasteiger partial charge in [0, 0.05) is 6.04 Å². The Morgan fingerprint density at radius 2 is 1.55 bits per heavy atom. The highest BCUT2D eigenvalue weighted by molar-refractivity contribution is 5.81. The molecule has 29 heavy (non-hydrogen) atoms. The lowest BCUT2D eigenvalue weighted by atomic mass is 9.71. The van der Waals surface area contributed by atoms with Crippen molar-refractivity contribution in [3.63, 3.8) is 0 Å². The second-order valence-corrected chi connectivity index (χ2v) is 9.33. The molecule has 1 aliphatic rings. The fourth-order valence-corrected chi connectivity index (χ4v) is 4.24. The van der Waals surface area contributed by atoms with E-state index in [0.29, 0.717) is 11.8 Å². The predicted molar refractivity (Wildman–Crippen MR) is 120 cm³/mol. The van der Waals surface area contributed by atoms with Crippen molar-refractivity contribution in [1.29, 1.82) is 0 Å². The van der Waals surface area contributed by atoms with Gasteiger partial charge in [-0.05, 0) is 66.7 Å². The number of nitrogens with one attached hydrogen (secondary N) is 1. The van der Waals surface area contributed by atoms with E-state index in [1.54, 1.807) is 0 Å². The fourth-order valence-electron chi connectivity index (χ4n) is 4.24. The summed E-state index contributed by atoms with van der Waals surface area (Å²) in [5.41, 5.74) is 2.68. The molecule has 1 N–H and O–H groups in total. The Balaban J connectivity index is 1.54. The van der Waals surface area contributed by atoms with E-state index in [2.05, 4.69) is 38.2 Å². The minimum Gasteiger partial charge on any atom is -0.481 e. The van der Waals surface area contributed by atoms with Crippen LogP contribution in [0.1, 0.15) is 59.8 Å². The van der Waals surface area contributed by atoms with Gasteiger partial charge in [-0.2, -0.15) is 0 Å². The Morgan fingerprint density at radius 1 is 0.966 bits per heavy atom. The maximum atomic E-state index is 12.8. The van der Waals surface area contributed by atoms with Crippen molar-refractivity contribution >= 4 is 5.91 Å². The van der Waals surface area contributed by atoms with E-state index in [1.165, 1.54) is 18.4 Å². The molecule has 3 nitrogen and oxygen atoms in total. The first kappa shape index (κ1) is 21.4. The van der Waals surface area contributed by atoms with Crippen molar-refractivity contribution in [3.05, 3.63) is 54.6 Å². The van der Waals surface area contributed by atoms with Gasteiger partial charge in [-0.3, -0.25) is 4.79 Å². The normalized spacial score (nSPS) is 20.7. The second kappa shape index (κ2) is 9.47. The van der Waals surface area contributed by atoms with Crippen molar-refractivity contribution in [3.8, 4) is 16.9 Å². The molecule has 1 saturated carbocycles. The highest BCUT2D eigenvalue weighted by Crippen LogP contribution is 2.37. The van der Waals surface area contributed by atoms with Crippen LogP contribution in [-0.2, 0) is 4.79 Å². The smallest absolute Gasteiger partial charge is 0.261 e. The van der Waals surface area contributed by atoms with Crippen molar-refractivity contribution < 1.29 is 9.53 Å². The summed E-state index contributed by atoms with van der Waals surface area (Å²) in [5.74, 6) is 1.50. The van der Waals surface area contributed by atoms with Crippen LogP contribution in [0.3, 0.4) is 0 Å². The number of amides is 1. The number of hydrogen-bond donors (Lipinski definition) is 1. The Morgan fingerprint density at radius 3 is 2.10 bits per heavy atom. The van der Waals surface area contributed by atoms with Gasteiger partial charge in [0.05, 0.1) is 0 Å². The maximum absolute atomic E-state index is 12.8. The Labute approximate surface area is 175 Å². The standard InChI is InChI=1S/C26H35NO2/c1-5-24(25(28)27-22-15-13-21(14-16-22)26(2,3)4)29-23-17-11-20(12-18-23)19-9-7-6-8-10-19/h6-12,17-18,21-22,24H,5,13-16H2,1-4H3,(H,27,28). The van der Waals surface area contributed by atoms with Gasteiger partial charge >= 0.3 is 0 Å². The number of benzene rings is 2. The summed E-state index contributed by atoms with van der Waals surface area (Å²) in [6, 6.07) is 18.5. The molecular weight excluding hydrogens is 358 g/mol. The number of hydrogen-bond acceptors (Lipinski definition) is 2. The van der Waals surface area contributed by atoms with E-state index in [4.69, 9.17) is 4.74 Å². The SMILES string of the molecule is CCC(Oc1ccc(-c2ccccc2)cc1)C(=O)NC1CCC(C(C)(C)C)CC1. The monoisotopic (exact) mass is 393 g/mol. The first-order chi connectivity index (χ1) is 13.9. The van der Waals surface area contributed by atoms with Crippen molar-refractivity contribution in [2.24, 2.45) is 11.3 Å². The zero-order valence-corrected chi connectivity index (χ0v) is 18.3. The third-order valence-corrected chi connectivity index (χ3v) is 6.20. The van der Waals surface area contributed by atoms with Crippen molar-refractivity contribution in [2.45, 2.75) is 71.9 Å². The van der Waals surface area contributed by atoms with Crippen molar-refractivity contribution in [1.82, 2.24) is 5.32 Å². The van der Waals surface area contributed by atoms with Gasteiger partial charge in [0.25, 0.3) is 5.91 Å². The van der Waals surface area contributed by atoms with E-state index in [-0.39, 0.29) is 11.9 Å². The molecule has 1 fully saturated rings. The molecule has 1 atom stereocenters. The van der Waals surface area contributed by atoms with E-state index >= 15 is 0 Å². The molecule has 0 radical (unpaired) electrons. The molecule has 0 spiro atoms. The predicted octanol–water partition coefficient (Wildman–Crippen LogP) is 6.23. The number of rotatable bonds is 6. The molecule has 156 valence electrons. The lowest BCUT2D eigenvalue weighted by Gasteiger charge is -2.37. The molecular formula is C26H35NO2. The number of carbonyl (C=O) groups excluding carboxylic acids is 1. The summed E-state index contributed by atoms with van der Waals surface area (Å²) in [7, 11) is 0. The third-order valence-electron chi connectivity index (χ3n) is 6.20. The fraction of sp³-hybridized carbons (Fsp3) is 0.500. The van der Waals surface area contributed by atoms with E-state index in [9.17, 15) is 4.79 Å². The topological polar surface area (TPSA) is 38.3 Å². The summed E-state index contributed by atoms with van der Waals surface area (Å²) in [5, 5.41) is 3.24. The summed E-state index contributed by atoms with van der Waals surface area (Å²) in [6.07, 6.45) is 4.72. The van der Waals surface area contributed by atoms with Gasteiger partial charge in [0.2, 0.25) is 0 Å². The molecule has 2 aromatic rings. The zero-order chi connectivity index (χ0) is 20.9. The number of ether oxygens (including phenoxy) is 1. The molecule has 1 amide bonds. The average molecular weight is 394 g/mol.